The van der Waals surface area contributed by atoms with Crippen molar-refractivity contribution in [1.82, 2.24) is 15.2 Å². The third-order valence-corrected chi connectivity index (χ3v) is 5.55. The fourth-order valence-corrected chi connectivity index (χ4v) is 3.85. The molecule has 2 N–H and O–H groups in total. The zero-order valence-electron chi connectivity index (χ0n) is 17.0. The molecule has 0 unspecified atom stereocenters. The number of methoxy groups -OCH3 is 2. The van der Waals surface area contributed by atoms with Crippen molar-refractivity contribution in [2.75, 3.05) is 20.8 Å². The normalized spacial score (nSPS) is 11.3. The lowest BCUT2D eigenvalue weighted by Crippen LogP contribution is -1.97. The molecule has 1 heterocycles. The summed E-state index contributed by atoms with van der Waals surface area (Å²) in [6.07, 6.45) is 1.55. The minimum Gasteiger partial charge on any atom is -0.497 e. The Morgan fingerprint density at radius 2 is 1.90 bits per heavy atom. The van der Waals surface area contributed by atoms with E-state index in [1.165, 1.54) is 0 Å². The molecular weight excluding hydrogens is 486 g/mol. The highest BCUT2D eigenvalue weighted by atomic mass is 79.9. The number of benzene rings is 2. The lowest BCUT2D eigenvalue weighted by atomic mass is 10.2. The number of nitrogens with one attached hydrogen (secondary N) is 1. The van der Waals surface area contributed by atoms with Crippen LogP contribution in [-0.4, -0.2) is 47.1 Å². The third kappa shape index (κ3) is 5.80. The van der Waals surface area contributed by atoms with E-state index in [0.717, 1.165) is 16.2 Å². The standard InChI is InChI=1S/C21H20BrN3O5S/c1-4-30-17-6-5-12(7-16(17)22)8-18(20(26)27)31-21-23-19(24-25-21)13-9-14(28-2)11-15(10-13)29-3/h5-11H,4H2,1-3H3,(H,26,27)(H,23,24,25)/b18-8-. The van der Waals surface area contributed by atoms with E-state index in [4.69, 9.17) is 14.2 Å². The Bertz CT molecular complexity index is 1090. The molecule has 8 nitrogen and oxygen atoms in total. The fourth-order valence-electron chi connectivity index (χ4n) is 2.63. The van der Waals surface area contributed by atoms with Gasteiger partial charge in [0, 0.05) is 11.6 Å². The van der Waals surface area contributed by atoms with E-state index in [0.29, 0.717) is 40.8 Å². The molecule has 31 heavy (non-hydrogen) atoms. The zero-order chi connectivity index (χ0) is 22.4. The van der Waals surface area contributed by atoms with Crippen LogP contribution in [-0.2, 0) is 4.79 Å². The number of hydrogen-bond donors (Lipinski definition) is 2. The zero-order valence-corrected chi connectivity index (χ0v) is 19.4. The molecule has 0 aliphatic rings. The summed E-state index contributed by atoms with van der Waals surface area (Å²) in [6, 6.07) is 10.7. The van der Waals surface area contributed by atoms with Gasteiger partial charge in [0.05, 0.1) is 25.3 Å². The van der Waals surface area contributed by atoms with Crippen molar-refractivity contribution in [1.29, 1.82) is 0 Å². The number of aromatic amines is 1. The summed E-state index contributed by atoms with van der Waals surface area (Å²) in [7, 11) is 3.12. The Hall–Kier alpha value is -2.98. The molecule has 0 bridgehead atoms. The lowest BCUT2D eigenvalue weighted by molar-refractivity contribution is -0.131. The van der Waals surface area contributed by atoms with Crippen molar-refractivity contribution in [3.63, 3.8) is 0 Å². The van der Waals surface area contributed by atoms with Crippen molar-refractivity contribution < 1.29 is 24.1 Å². The van der Waals surface area contributed by atoms with Crippen LogP contribution in [0.5, 0.6) is 17.2 Å². The van der Waals surface area contributed by atoms with Crippen molar-refractivity contribution in [3.8, 4) is 28.6 Å². The average molecular weight is 506 g/mol. The van der Waals surface area contributed by atoms with E-state index < -0.39 is 5.97 Å². The summed E-state index contributed by atoms with van der Waals surface area (Å²) in [4.78, 5) is 16.3. The molecule has 0 saturated heterocycles. The molecule has 2 aromatic carbocycles. The van der Waals surface area contributed by atoms with Crippen LogP contribution in [0.4, 0.5) is 0 Å². The largest absolute Gasteiger partial charge is 0.497 e. The average Bonchev–Trinajstić information content (AvgIpc) is 3.23. The number of nitrogens with zero attached hydrogens (tertiary/aromatic N) is 2. The summed E-state index contributed by atoms with van der Waals surface area (Å²) in [6.45, 7) is 2.43. The molecular formula is C21H20BrN3O5S. The number of ether oxygens (including phenoxy) is 3. The molecule has 0 saturated carbocycles. The number of carbonyl (C=O) groups is 1. The van der Waals surface area contributed by atoms with E-state index in [2.05, 4.69) is 31.1 Å². The Morgan fingerprint density at radius 3 is 2.48 bits per heavy atom. The summed E-state index contributed by atoms with van der Waals surface area (Å²) in [5, 5.41) is 16.9. The first-order chi connectivity index (χ1) is 14.9. The van der Waals surface area contributed by atoms with Crippen LogP contribution in [0.25, 0.3) is 17.5 Å². The first-order valence-electron chi connectivity index (χ1n) is 9.14. The third-order valence-electron chi connectivity index (χ3n) is 4.06. The van der Waals surface area contributed by atoms with Crippen LogP contribution in [0.3, 0.4) is 0 Å². The topological polar surface area (TPSA) is 107 Å². The molecule has 3 rings (SSSR count). The molecule has 0 spiro atoms. The predicted molar refractivity (Wildman–Crippen MR) is 122 cm³/mol. The van der Waals surface area contributed by atoms with E-state index in [9.17, 15) is 9.90 Å². The molecule has 10 heteroatoms. The molecule has 3 aromatic rings. The van der Waals surface area contributed by atoms with Crippen molar-refractivity contribution in [3.05, 3.63) is 51.3 Å². The Labute approximate surface area is 191 Å². The molecule has 162 valence electrons. The molecule has 1 aromatic heterocycles. The van der Waals surface area contributed by atoms with Gasteiger partial charge in [0.25, 0.3) is 0 Å². The Morgan fingerprint density at radius 1 is 1.19 bits per heavy atom. The van der Waals surface area contributed by atoms with Gasteiger partial charge in [-0.15, -0.1) is 5.10 Å². The van der Waals surface area contributed by atoms with E-state index >= 15 is 0 Å². The second kappa shape index (κ2) is 10.4. The second-order valence-electron chi connectivity index (χ2n) is 6.11. The quantitative estimate of drug-likeness (QED) is 0.313. The van der Waals surface area contributed by atoms with Crippen molar-refractivity contribution in [2.24, 2.45) is 0 Å². The molecule has 0 radical (unpaired) electrons. The molecule has 0 fully saturated rings. The Kier molecular flexibility index (Phi) is 7.59. The number of carboxylic acid groups (broad SMARTS) is 1. The van der Waals surface area contributed by atoms with Crippen molar-refractivity contribution >= 4 is 39.7 Å². The van der Waals surface area contributed by atoms with Gasteiger partial charge in [-0.1, -0.05) is 6.07 Å². The molecule has 0 aliphatic heterocycles. The summed E-state index contributed by atoms with van der Waals surface area (Å²) < 4.78 is 16.8. The van der Waals surface area contributed by atoms with Gasteiger partial charge < -0.3 is 19.3 Å². The highest BCUT2D eigenvalue weighted by molar-refractivity contribution is 9.10. The minimum absolute atomic E-state index is 0.0739. The number of hydrogen-bond acceptors (Lipinski definition) is 7. The van der Waals surface area contributed by atoms with Crippen LogP contribution in [0.2, 0.25) is 0 Å². The van der Waals surface area contributed by atoms with Crippen LogP contribution >= 0.6 is 27.7 Å². The van der Waals surface area contributed by atoms with E-state index in [1.807, 2.05) is 6.92 Å². The van der Waals surface area contributed by atoms with Crippen LogP contribution in [0.15, 0.2) is 50.9 Å². The lowest BCUT2D eigenvalue weighted by Gasteiger charge is -2.07. The number of rotatable bonds is 9. The van der Waals surface area contributed by atoms with Gasteiger partial charge in [0.15, 0.2) is 5.82 Å². The minimum atomic E-state index is -1.08. The number of carboxylic acids is 1. The smallest absolute Gasteiger partial charge is 0.342 e. The molecule has 0 amide bonds. The van der Waals surface area contributed by atoms with Gasteiger partial charge in [-0.05, 0) is 70.5 Å². The van der Waals surface area contributed by atoms with Gasteiger partial charge in [-0.25, -0.2) is 9.78 Å². The first kappa shape index (κ1) is 22.7. The van der Waals surface area contributed by atoms with E-state index in [-0.39, 0.29) is 10.1 Å². The number of halogens is 1. The van der Waals surface area contributed by atoms with Crippen molar-refractivity contribution in [2.45, 2.75) is 12.1 Å². The van der Waals surface area contributed by atoms with Gasteiger partial charge >= 0.3 is 5.97 Å². The maximum Gasteiger partial charge on any atom is 0.342 e. The summed E-state index contributed by atoms with van der Waals surface area (Å²) >= 11 is 4.38. The Balaban J connectivity index is 1.85. The highest BCUT2D eigenvalue weighted by Gasteiger charge is 2.16. The summed E-state index contributed by atoms with van der Waals surface area (Å²) in [5.41, 5.74) is 1.40. The number of aliphatic carboxylic acids is 1. The van der Waals surface area contributed by atoms with Crippen LogP contribution in [0, 0.1) is 0 Å². The monoisotopic (exact) mass is 505 g/mol. The molecule has 0 atom stereocenters. The fraction of sp³-hybridized carbons (Fsp3) is 0.190. The van der Waals surface area contributed by atoms with Gasteiger partial charge in [-0.2, -0.15) is 0 Å². The van der Waals surface area contributed by atoms with Crippen LogP contribution < -0.4 is 14.2 Å². The highest BCUT2D eigenvalue weighted by Crippen LogP contribution is 2.32. The molecule has 0 aliphatic carbocycles. The predicted octanol–water partition coefficient (Wildman–Crippen LogP) is 4.87. The number of thioether (sulfide) groups is 1. The van der Waals surface area contributed by atoms with E-state index in [1.54, 1.807) is 56.7 Å². The van der Waals surface area contributed by atoms with Crippen LogP contribution in [0.1, 0.15) is 12.5 Å². The second-order valence-corrected chi connectivity index (χ2v) is 7.97. The number of H-pyrrole nitrogens is 1. The first-order valence-corrected chi connectivity index (χ1v) is 10.8. The summed E-state index contributed by atoms with van der Waals surface area (Å²) in [5.74, 6) is 1.29. The van der Waals surface area contributed by atoms with Gasteiger partial charge in [-0.3, -0.25) is 5.10 Å². The van der Waals surface area contributed by atoms with Gasteiger partial charge in [0.1, 0.15) is 22.2 Å². The maximum atomic E-state index is 11.8. The number of aromatic nitrogens is 3. The maximum absolute atomic E-state index is 11.8. The van der Waals surface area contributed by atoms with Gasteiger partial charge in [0.2, 0.25) is 5.16 Å². The SMILES string of the molecule is CCOc1ccc(/C=C(\Sc2n[nH]c(-c3cc(OC)cc(OC)c3)n2)C(=O)O)cc1Br.